The highest BCUT2D eigenvalue weighted by molar-refractivity contribution is 6.35. The van der Waals surface area contributed by atoms with E-state index in [1.807, 2.05) is 24.1 Å². The Hall–Kier alpha value is -1.49. The number of amides is 1. The number of hydrogen-bond donors (Lipinski definition) is 1. The highest BCUT2D eigenvalue weighted by atomic mass is 35.5. The second-order valence-corrected chi connectivity index (χ2v) is 5.61. The van der Waals surface area contributed by atoms with Crippen molar-refractivity contribution in [2.45, 2.75) is 13.1 Å². The van der Waals surface area contributed by atoms with Crippen LogP contribution >= 0.6 is 23.2 Å². The predicted molar refractivity (Wildman–Crippen MR) is 83.4 cm³/mol. The molecule has 1 aromatic carbocycles. The Morgan fingerprint density at radius 1 is 1.33 bits per heavy atom. The van der Waals surface area contributed by atoms with Crippen molar-refractivity contribution in [3.8, 4) is 0 Å². The van der Waals surface area contributed by atoms with E-state index in [1.54, 1.807) is 24.5 Å². The summed E-state index contributed by atoms with van der Waals surface area (Å²) in [6, 6.07) is 8.95. The van der Waals surface area contributed by atoms with Crippen LogP contribution in [0.2, 0.25) is 10.0 Å². The molecule has 0 fully saturated rings. The summed E-state index contributed by atoms with van der Waals surface area (Å²) < 4.78 is 5.15. The third-order valence-electron chi connectivity index (χ3n) is 2.91. The van der Waals surface area contributed by atoms with Crippen LogP contribution in [-0.2, 0) is 17.9 Å². The molecule has 112 valence electrons. The summed E-state index contributed by atoms with van der Waals surface area (Å²) in [5.74, 6) is 0.658. The van der Waals surface area contributed by atoms with Gasteiger partial charge < -0.3 is 9.73 Å². The van der Waals surface area contributed by atoms with Gasteiger partial charge in [-0.3, -0.25) is 9.69 Å². The summed E-state index contributed by atoms with van der Waals surface area (Å²) in [6.07, 6.45) is 1.58. The second kappa shape index (κ2) is 7.50. The molecule has 21 heavy (non-hydrogen) atoms. The van der Waals surface area contributed by atoms with Gasteiger partial charge in [-0.25, -0.2) is 0 Å². The maximum absolute atomic E-state index is 11.8. The average Bonchev–Trinajstić information content (AvgIpc) is 2.93. The number of carbonyl (C=O) groups is 1. The minimum absolute atomic E-state index is 0.0704. The number of nitrogens with zero attached hydrogens (tertiary/aromatic N) is 1. The Balaban J connectivity index is 1.80. The lowest BCUT2D eigenvalue weighted by Gasteiger charge is -2.17. The number of likely N-dealkylation sites (N-methyl/N-ethyl adjacent to an activating group) is 1. The molecule has 0 aliphatic heterocycles. The first-order chi connectivity index (χ1) is 10.0. The number of carbonyl (C=O) groups excluding carboxylic acids is 1. The van der Waals surface area contributed by atoms with Crippen molar-refractivity contribution in [3.63, 3.8) is 0 Å². The largest absolute Gasteiger partial charge is 0.467 e. The van der Waals surface area contributed by atoms with E-state index >= 15 is 0 Å². The molecule has 2 aromatic rings. The molecule has 0 aliphatic carbocycles. The Kier molecular flexibility index (Phi) is 5.67. The van der Waals surface area contributed by atoms with Gasteiger partial charge in [0.25, 0.3) is 0 Å². The molecule has 1 aromatic heterocycles. The molecule has 1 heterocycles. The van der Waals surface area contributed by atoms with Crippen LogP contribution in [-0.4, -0.2) is 24.4 Å². The highest BCUT2D eigenvalue weighted by Crippen LogP contribution is 2.21. The van der Waals surface area contributed by atoms with Gasteiger partial charge in [0.1, 0.15) is 5.76 Å². The van der Waals surface area contributed by atoms with Crippen LogP contribution in [0, 0.1) is 0 Å². The second-order valence-electron chi connectivity index (χ2n) is 4.76. The normalized spacial score (nSPS) is 10.9. The van der Waals surface area contributed by atoms with Gasteiger partial charge in [-0.1, -0.05) is 29.3 Å². The van der Waals surface area contributed by atoms with Crippen LogP contribution in [0.25, 0.3) is 0 Å². The summed E-state index contributed by atoms with van der Waals surface area (Å²) in [7, 11) is 1.86. The zero-order chi connectivity index (χ0) is 15.2. The van der Waals surface area contributed by atoms with E-state index in [2.05, 4.69) is 5.32 Å². The quantitative estimate of drug-likeness (QED) is 0.885. The van der Waals surface area contributed by atoms with Crippen LogP contribution in [0.3, 0.4) is 0 Å². The van der Waals surface area contributed by atoms with E-state index in [4.69, 9.17) is 27.6 Å². The van der Waals surface area contributed by atoms with Crippen molar-refractivity contribution in [3.05, 3.63) is 58.0 Å². The molecule has 2 rings (SSSR count). The number of furan rings is 1. The zero-order valence-corrected chi connectivity index (χ0v) is 13.1. The van der Waals surface area contributed by atoms with Gasteiger partial charge in [0.05, 0.1) is 19.4 Å². The molecular formula is C15H16Cl2N2O2. The lowest BCUT2D eigenvalue weighted by molar-refractivity contribution is -0.122. The molecule has 0 bridgehead atoms. The fourth-order valence-electron chi connectivity index (χ4n) is 1.90. The Labute approximate surface area is 133 Å². The minimum Gasteiger partial charge on any atom is -0.467 e. The molecule has 0 saturated carbocycles. The minimum atomic E-state index is -0.0704. The van der Waals surface area contributed by atoms with E-state index in [1.165, 1.54) is 0 Å². The van der Waals surface area contributed by atoms with Gasteiger partial charge in [-0.05, 0) is 36.9 Å². The van der Waals surface area contributed by atoms with Crippen LogP contribution < -0.4 is 5.32 Å². The summed E-state index contributed by atoms with van der Waals surface area (Å²) >= 11 is 12.0. The van der Waals surface area contributed by atoms with Gasteiger partial charge in [0.2, 0.25) is 5.91 Å². The lowest BCUT2D eigenvalue weighted by Crippen LogP contribution is -2.34. The zero-order valence-electron chi connectivity index (χ0n) is 11.6. The number of rotatable bonds is 6. The fraction of sp³-hybridized carbons (Fsp3) is 0.267. The predicted octanol–water partition coefficient (Wildman–Crippen LogP) is 3.33. The third kappa shape index (κ3) is 5.08. The highest BCUT2D eigenvalue weighted by Gasteiger charge is 2.09. The summed E-state index contributed by atoms with van der Waals surface area (Å²) in [6.45, 7) is 1.24. The summed E-state index contributed by atoms with van der Waals surface area (Å²) in [5, 5.41) is 4.00. The van der Waals surface area contributed by atoms with Gasteiger partial charge in [-0.2, -0.15) is 0 Å². The van der Waals surface area contributed by atoms with Gasteiger partial charge in [0, 0.05) is 16.6 Å². The molecule has 4 nitrogen and oxygen atoms in total. The first-order valence-corrected chi connectivity index (χ1v) is 7.22. The Bertz CT molecular complexity index is 600. The van der Waals surface area contributed by atoms with E-state index < -0.39 is 0 Å². The topological polar surface area (TPSA) is 45.5 Å². The van der Waals surface area contributed by atoms with Crippen LogP contribution in [0.4, 0.5) is 0 Å². The van der Waals surface area contributed by atoms with E-state index in [9.17, 15) is 4.79 Å². The number of hydrogen-bond acceptors (Lipinski definition) is 3. The van der Waals surface area contributed by atoms with Crippen molar-refractivity contribution >= 4 is 29.1 Å². The number of halogens is 2. The van der Waals surface area contributed by atoms with Crippen LogP contribution in [0.5, 0.6) is 0 Å². The SMILES string of the molecule is CN(CC(=O)NCc1ccco1)Cc1ccc(Cl)cc1Cl. The number of nitrogens with one attached hydrogen (secondary N) is 1. The maximum atomic E-state index is 11.8. The first-order valence-electron chi connectivity index (χ1n) is 6.46. The molecule has 0 unspecified atom stereocenters. The van der Waals surface area contributed by atoms with Gasteiger partial charge in [0.15, 0.2) is 0 Å². The van der Waals surface area contributed by atoms with Crippen LogP contribution in [0.1, 0.15) is 11.3 Å². The third-order valence-corrected chi connectivity index (χ3v) is 3.50. The molecule has 0 radical (unpaired) electrons. The molecule has 0 aliphatic rings. The van der Waals surface area contributed by atoms with E-state index in [0.29, 0.717) is 23.1 Å². The molecule has 1 N–H and O–H groups in total. The summed E-state index contributed by atoms with van der Waals surface area (Å²) in [4.78, 5) is 13.7. The van der Waals surface area contributed by atoms with Crippen LogP contribution in [0.15, 0.2) is 41.0 Å². The van der Waals surface area contributed by atoms with Crippen molar-refractivity contribution in [2.24, 2.45) is 0 Å². The molecular weight excluding hydrogens is 311 g/mol. The standard InChI is InChI=1S/C15H16Cl2N2O2/c1-19(9-11-4-5-12(16)7-14(11)17)10-15(20)18-8-13-3-2-6-21-13/h2-7H,8-10H2,1H3,(H,18,20). The monoisotopic (exact) mass is 326 g/mol. The average molecular weight is 327 g/mol. The molecule has 0 atom stereocenters. The smallest absolute Gasteiger partial charge is 0.234 e. The van der Waals surface area contributed by atoms with E-state index in [0.717, 1.165) is 11.3 Å². The molecule has 0 saturated heterocycles. The molecule has 1 amide bonds. The van der Waals surface area contributed by atoms with E-state index in [-0.39, 0.29) is 12.5 Å². The fourth-order valence-corrected chi connectivity index (χ4v) is 2.36. The number of benzene rings is 1. The van der Waals surface area contributed by atoms with Crippen molar-refractivity contribution in [1.29, 1.82) is 0 Å². The summed E-state index contributed by atoms with van der Waals surface area (Å²) in [5.41, 5.74) is 0.933. The van der Waals surface area contributed by atoms with Gasteiger partial charge in [-0.15, -0.1) is 0 Å². The molecule has 0 spiro atoms. The maximum Gasteiger partial charge on any atom is 0.234 e. The first kappa shape index (κ1) is 15.9. The lowest BCUT2D eigenvalue weighted by atomic mass is 10.2. The van der Waals surface area contributed by atoms with Crippen molar-refractivity contribution < 1.29 is 9.21 Å². The Morgan fingerprint density at radius 2 is 2.14 bits per heavy atom. The Morgan fingerprint density at radius 3 is 2.81 bits per heavy atom. The van der Waals surface area contributed by atoms with Crippen molar-refractivity contribution in [2.75, 3.05) is 13.6 Å². The van der Waals surface area contributed by atoms with Crippen molar-refractivity contribution in [1.82, 2.24) is 10.2 Å². The van der Waals surface area contributed by atoms with Gasteiger partial charge >= 0.3 is 0 Å². The molecule has 6 heteroatoms.